The average Bonchev–Trinajstić information content (AvgIpc) is 2.43. The van der Waals surface area contributed by atoms with Gasteiger partial charge in [0.2, 0.25) is 0 Å². The molecule has 0 spiro atoms. The summed E-state index contributed by atoms with van der Waals surface area (Å²) in [6.07, 6.45) is 2.74. The third-order valence-corrected chi connectivity index (χ3v) is 2.97. The molecule has 1 fully saturated rings. The maximum absolute atomic E-state index is 5.80. The molecule has 0 aromatic carbocycles. The minimum absolute atomic E-state index is 0.570. The highest BCUT2D eigenvalue weighted by Gasteiger charge is 2.38. The van der Waals surface area contributed by atoms with Gasteiger partial charge in [-0.2, -0.15) is 0 Å². The van der Waals surface area contributed by atoms with Crippen molar-refractivity contribution in [3.05, 3.63) is 0 Å². The van der Waals surface area contributed by atoms with E-state index in [1.165, 1.54) is 12.8 Å². The van der Waals surface area contributed by atoms with E-state index in [1.54, 1.807) is 0 Å². The molecule has 10 heavy (non-hydrogen) atoms. The first-order valence-electron chi connectivity index (χ1n) is 4.05. The lowest BCUT2D eigenvalue weighted by atomic mass is 10.2. The quantitative estimate of drug-likeness (QED) is 0.574. The molecule has 0 atom stereocenters. The smallest absolute Gasteiger partial charge is 0.183 e. The van der Waals surface area contributed by atoms with Crippen molar-refractivity contribution in [1.29, 1.82) is 0 Å². The summed E-state index contributed by atoms with van der Waals surface area (Å²) in [5.74, 6) is 0. The lowest BCUT2D eigenvalue weighted by Gasteiger charge is -2.19. The second kappa shape index (κ2) is 2.34. The zero-order valence-corrected chi connectivity index (χ0v) is 8.53. The number of hydrogen-bond acceptors (Lipinski definition) is 1. The van der Waals surface area contributed by atoms with Crippen molar-refractivity contribution in [2.24, 2.45) is 5.41 Å². The van der Waals surface area contributed by atoms with Crippen molar-refractivity contribution >= 4 is 8.32 Å². The normalized spacial score (nSPS) is 22.8. The van der Waals surface area contributed by atoms with Gasteiger partial charge in [0.15, 0.2) is 8.32 Å². The van der Waals surface area contributed by atoms with Crippen LogP contribution in [0.5, 0.6) is 0 Å². The summed E-state index contributed by atoms with van der Waals surface area (Å²) in [7, 11) is -1.23. The van der Waals surface area contributed by atoms with Crippen molar-refractivity contribution in [3.8, 4) is 0 Å². The van der Waals surface area contributed by atoms with Gasteiger partial charge in [0.1, 0.15) is 0 Å². The van der Waals surface area contributed by atoms with E-state index >= 15 is 0 Å². The van der Waals surface area contributed by atoms with Gasteiger partial charge in [-0.05, 0) is 37.9 Å². The molecule has 1 aliphatic carbocycles. The largest absolute Gasteiger partial charge is 0.417 e. The van der Waals surface area contributed by atoms with E-state index in [1.807, 2.05) is 0 Å². The van der Waals surface area contributed by atoms with Crippen molar-refractivity contribution in [2.75, 3.05) is 6.61 Å². The molecule has 0 aromatic rings. The summed E-state index contributed by atoms with van der Waals surface area (Å²) in [4.78, 5) is 0. The zero-order valence-electron chi connectivity index (χ0n) is 7.53. The molecule has 0 N–H and O–H groups in total. The highest BCUT2D eigenvalue weighted by atomic mass is 28.4. The van der Waals surface area contributed by atoms with Crippen LogP contribution in [0, 0.1) is 5.41 Å². The van der Waals surface area contributed by atoms with Crippen LogP contribution in [0.4, 0.5) is 0 Å². The Hall–Kier alpha value is 0.177. The first kappa shape index (κ1) is 8.28. The average molecular weight is 158 g/mol. The minimum Gasteiger partial charge on any atom is -0.417 e. The monoisotopic (exact) mass is 158 g/mol. The molecule has 2 heteroatoms. The topological polar surface area (TPSA) is 9.23 Å². The summed E-state index contributed by atoms with van der Waals surface area (Å²) < 4.78 is 5.80. The fourth-order valence-corrected chi connectivity index (χ4v) is 1.53. The van der Waals surface area contributed by atoms with Gasteiger partial charge in [-0.25, -0.2) is 0 Å². The second-order valence-corrected chi connectivity index (χ2v) is 9.23. The van der Waals surface area contributed by atoms with Crippen LogP contribution in [0.2, 0.25) is 19.6 Å². The molecule has 0 aliphatic heterocycles. The van der Waals surface area contributed by atoms with Crippen molar-refractivity contribution in [3.63, 3.8) is 0 Å². The molecule has 1 nitrogen and oxygen atoms in total. The SMILES string of the molecule is CC1(CO[Si](C)(C)C)CC1. The molecular weight excluding hydrogens is 140 g/mol. The van der Waals surface area contributed by atoms with E-state index in [9.17, 15) is 0 Å². The first-order valence-corrected chi connectivity index (χ1v) is 7.46. The minimum atomic E-state index is -1.23. The van der Waals surface area contributed by atoms with E-state index in [2.05, 4.69) is 26.6 Å². The first-order chi connectivity index (χ1) is 4.41. The number of rotatable bonds is 3. The summed E-state index contributed by atoms with van der Waals surface area (Å²) >= 11 is 0. The molecule has 0 aromatic heterocycles. The Morgan fingerprint density at radius 1 is 1.30 bits per heavy atom. The van der Waals surface area contributed by atoms with Gasteiger partial charge in [-0.3, -0.25) is 0 Å². The van der Waals surface area contributed by atoms with Crippen LogP contribution < -0.4 is 0 Å². The highest BCUT2D eigenvalue weighted by Crippen LogP contribution is 2.45. The molecular formula is C8H18OSi. The van der Waals surface area contributed by atoms with Crippen LogP contribution in [0.3, 0.4) is 0 Å². The van der Waals surface area contributed by atoms with Crippen LogP contribution in [-0.2, 0) is 4.43 Å². The molecule has 1 saturated carbocycles. The molecule has 0 amide bonds. The van der Waals surface area contributed by atoms with Gasteiger partial charge in [0, 0.05) is 6.61 Å². The maximum atomic E-state index is 5.80. The third kappa shape index (κ3) is 2.84. The Kier molecular flexibility index (Phi) is 1.94. The molecule has 1 aliphatic rings. The van der Waals surface area contributed by atoms with Crippen molar-refractivity contribution in [1.82, 2.24) is 0 Å². The predicted octanol–water partition coefficient (Wildman–Crippen LogP) is 2.64. The fraction of sp³-hybridized carbons (Fsp3) is 1.00. The zero-order chi connectivity index (χ0) is 7.83. The van der Waals surface area contributed by atoms with Crippen molar-refractivity contribution < 1.29 is 4.43 Å². The third-order valence-electron chi connectivity index (χ3n) is 1.96. The highest BCUT2D eigenvalue weighted by molar-refractivity contribution is 6.69. The van der Waals surface area contributed by atoms with E-state index in [4.69, 9.17) is 4.43 Å². The van der Waals surface area contributed by atoms with Crippen LogP contribution in [0.25, 0.3) is 0 Å². The van der Waals surface area contributed by atoms with E-state index in [0.717, 1.165) is 6.61 Å². The van der Waals surface area contributed by atoms with Gasteiger partial charge >= 0.3 is 0 Å². The molecule has 0 saturated heterocycles. The lowest BCUT2D eigenvalue weighted by molar-refractivity contribution is 0.241. The van der Waals surface area contributed by atoms with Gasteiger partial charge in [0.05, 0.1) is 0 Å². The van der Waals surface area contributed by atoms with Gasteiger partial charge in [0.25, 0.3) is 0 Å². The fourth-order valence-electron chi connectivity index (χ4n) is 0.748. The molecule has 60 valence electrons. The second-order valence-electron chi connectivity index (χ2n) is 4.71. The van der Waals surface area contributed by atoms with Crippen LogP contribution in [0.1, 0.15) is 19.8 Å². The van der Waals surface area contributed by atoms with Crippen LogP contribution in [0.15, 0.2) is 0 Å². The molecule has 0 radical (unpaired) electrons. The van der Waals surface area contributed by atoms with Crippen molar-refractivity contribution in [2.45, 2.75) is 39.4 Å². The Labute approximate surface area is 64.9 Å². The summed E-state index contributed by atoms with van der Waals surface area (Å²) in [6.45, 7) is 10.1. The number of hydrogen-bond donors (Lipinski definition) is 0. The predicted molar refractivity (Wildman–Crippen MR) is 46.6 cm³/mol. The van der Waals surface area contributed by atoms with E-state index < -0.39 is 8.32 Å². The van der Waals surface area contributed by atoms with Gasteiger partial charge in [-0.15, -0.1) is 0 Å². The lowest BCUT2D eigenvalue weighted by Crippen LogP contribution is -2.28. The molecule has 1 rings (SSSR count). The Morgan fingerprint density at radius 3 is 2.10 bits per heavy atom. The summed E-state index contributed by atoms with van der Waals surface area (Å²) in [6, 6.07) is 0. The van der Waals surface area contributed by atoms with E-state index in [-0.39, 0.29) is 0 Å². The van der Waals surface area contributed by atoms with Crippen LogP contribution in [-0.4, -0.2) is 14.9 Å². The van der Waals surface area contributed by atoms with Gasteiger partial charge < -0.3 is 4.43 Å². The van der Waals surface area contributed by atoms with Gasteiger partial charge in [-0.1, -0.05) is 6.92 Å². The Morgan fingerprint density at radius 2 is 1.80 bits per heavy atom. The molecule has 0 bridgehead atoms. The van der Waals surface area contributed by atoms with E-state index in [0.29, 0.717) is 5.41 Å². The Bertz CT molecular complexity index is 116. The maximum Gasteiger partial charge on any atom is 0.183 e. The standard InChI is InChI=1S/C8H18OSi/c1-8(5-6-8)7-9-10(2,3)4/h5-7H2,1-4H3. The van der Waals surface area contributed by atoms with Crippen LogP contribution >= 0.6 is 0 Å². The Balaban J connectivity index is 2.17. The summed E-state index contributed by atoms with van der Waals surface area (Å²) in [5.41, 5.74) is 0.570. The molecule has 0 unspecified atom stereocenters. The molecule has 0 heterocycles. The summed E-state index contributed by atoms with van der Waals surface area (Å²) in [5, 5.41) is 0.